The number of ether oxygens (including phenoxy) is 3. The van der Waals surface area contributed by atoms with Crippen molar-refractivity contribution in [2.75, 3.05) is 26.1 Å². The van der Waals surface area contributed by atoms with Gasteiger partial charge in [-0.1, -0.05) is 12.1 Å². The number of anilines is 1. The van der Waals surface area contributed by atoms with Crippen molar-refractivity contribution in [2.45, 2.75) is 31.7 Å². The lowest BCUT2D eigenvalue weighted by atomic mass is 10.2. The molecular formula is C24H25N3O6. The number of hydrogen-bond donors (Lipinski definition) is 1. The lowest BCUT2D eigenvalue weighted by Crippen LogP contribution is -2.26. The first-order chi connectivity index (χ1) is 16.0. The number of aryl methyl sites for hydroxylation is 1. The number of amides is 1. The maximum Gasteiger partial charge on any atom is 0.306 e. The van der Waals surface area contributed by atoms with Crippen LogP contribution in [0.3, 0.4) is 0 Å². The summed E-state index contributed by atoms with van der Waals surface area (Å²) in [6.07, 6.45) is 2.11. The Kier molecular flexibility index (Phi) is 6.58. The first-order valence-corrected chi connectivity index (χ1v) is 10.7. The molecule has 1 aliphatic carbocycles. The number of esters is 1. The summed E-state index contributed by atoms with van der Waals surface area (Å²) in [5.74, 6) is 0.533. The number of para-hydroxylation sites is 1. The number of nitrogens with zero attached hydrogens (tertiary/aromatic N) is 2. The largest absolute Gasteiger partial charge is 0.497 e. The van der Waals surface area contributed by atoms with Gasteiger partial charge in [-0.3, -0.25) is 19.0 Å². The Balaban J connectivity index is 1.36. The second-order valence-electron chi connectivity index (χ2n) is 7.73. The highest BCUT2D eigenvalue weighted by Crippen LogP contribution is 2.35. The van der Waals surface area contributed by atoms with Crippen molar-refractivity contribution in [3.05, 3.63) is 58.6 Å². The van der Waals surface area contributed by atoms with Crippen molar-refractivity contribution in [1.82, 2.24) is 9.55 Å². The summed E-state index contributed by atoms with van der Waals surface area (Å²) in [6, 6.07) is 12.3. The molecule has 2 aromatic carbocycles. The van der Waals surface area contributed by atoms with E-state index in [1.165, 1.54) is 14.2 Å². The van der Waals surface area contributed by atoms with Gasteiger partial charge in [0.1, 0.15) is 17.3 Å². The molecule has 4 rings (SSSR count). The quantitative estimate of drug-likeness (QED) is 0.498. The lowest BCUT2D eigenvalue weighted by molar-refractivity contribution is -0.147. The van der Waals surface area contributed by atoms with Gasteiger partial charge in [0.2, 0.25) is 0 Å². The minimum atomic E-state index is -0.545. The van der Waals surface area contributed by atoms with Crippen LogP contribution >= 0.6 is 0 Å². The standard InChI is InChI=1S/C24H25N3O6/c1-31-16-9-10-19(20(13-16)32-2)26-22(28)14-33-23(29)12-11-21-25-18-6-4-3-5-17(18)24(30)27(21)15-7-8-15/h3-6,9-10,13,15H,7-8,11-12,14H2,1-2H3,(H,26,28). The summed E-state index contributed by atoms with van der Waals surface area (Å²) < 4.78 is 17.2. The zero-order valence-corrected chi connectivity index (χ0v) is 18.5. The third kappa shape index (κ3) is 5.14. The number of nitrogens with one attached hydrogen (secondary N) is 1. The number of hydrogen-bond acceptors (Lipinski definition) is 7. The predicted octanol–water partition coefficient (Wildman–Crippen LogP) is 2.86. The summed E-state index contributed by atoms with van der Waals surface area (Å²) in [4.78, 5) is 42.0. The molecular weight excluding hydrogens is 426 g/mol. The van der Waals surface area contributed by atoms with E-state index in [0.717, 1.165) is 12.8 Å². The number of benzene rings is 2. The highest BCUT2D eigenvalue weighted by atomic mass is 16.5. The third-order valence-electron chi connectivity index (χ3n) is 5.39. The number of methoxy groups -OCH3 is 2. The van der Waals surface area contributed by atoms with Gasteiger partial charge in [0, 0.05) is 18.5 Å². The van der Waals surface area contributed by atoms with E-state index >= 15 is 0 Å². The Morgan fingerprint density at radius 1 is 1.12 bits per heavy atom. The van der Waals surface area contributed by atoms with Gasteiger partial charge in [0.05, 0.1) is 37.2 Å². The fourth-order valence-electron chi connectivity index (χ4n) is 3.60. The summed E-state index contributed by atoms with van der Waals surface area (Å²) in [5.41, 5.74) is 0.961. The molecule has 1 N–H and O–H groups in total. The molecule has 0 aliphatic heterocycles. The minimum absolute atomic E-state index is 0.0106. The molecule has 1 amide bonds. The first-order valence-electron chi connectivity index (χ1n) is 10.7. The Hall–Kier alpha value is -3.88. The molecule has 1 heterocycles. The zero-order chi connectivity index (χ0) is 23.4. The fourth-order valence-corrected chi connectivity index (χ4v) is 3.60. The van der Waals surface area contributed by atoms with Gasteiger partial charge < -0.3 is 19.5 Å². The second-order valence-corrected chi connectivity index (χ2v) is 7.73. The van der Waals surface area contributed by atoms with E-state index in [4.69, 9.17) is 14.2 Å². The summed E-state index contributed by atoms with van der Waals surface area (Å²) in [6.45, 7) is -0.436. The normalized spacial score (nSPS) is 12.9. The van der Waals surface area contributed by atoms with Crippen LogP contribution in [-0.2, 0) is 20.7 Å². The molecule has 33 heavy (non-hydrogen) atoms. The Bertz CT molecular complexity index is 1250. The third-order valence-corrected chi connectivity index (χ3v) is 5.39. The van der Waals surface area contributed by atoms with Crippen molar-refractivity contribution >= 4 is 28.5 Å². The van der Waals surface area contributed by atoms with Crippen LogP contribution in [0.5, 0.6) is 11.5 Å². The summed E-state index contributed by atoms with van der Waals surface area (Å²) in [5, 5.41) is 3.22. The van der Waals surface area contributed by atoms with E-state index < -0.39 is 18.5 Å². The van der Waals surface area contributed by atoms with Crippen molar-refractivity contribution in [3.8, 4) is 11.5 Å². The van der Waals surface area contributed by atoms with Crippen LogP contribution < -0.4 is 20.3 Å². The van der Waals surface area contributed by atoms with Gasteiger partial charge in [0.15, 0.2) is 6.61 Å². The van der Waals surface area contributed by atoms with Crippen LogP contribution in [0.2, 0.25) is 0 Å². The maximum atomic E-state index is 12.9. The van der Waals surface area contributed by atoms with Crippen molar-refractivity contribution in [1.29, 1.82) is 0 Å². The fraction of sp³-hybridized carbons (Fsp3) is 0.333. The van der Waals surface area contributed by atoms with Crippen LogP contribution in [0.4, 0.5) is 5.69 Å². The number of aromatic nitrogens is 2. The van der Waals surface area contributed by atoms with Crippen LogP contribution in [0.25, 0.3) is 10.9 Å². The molecule has 0 bridgehead atoms. The monoisotopic (exact) mass is 451 g/mol. The molecule has 0 unspecified atom stereocenters. The van der Waals surface area contributed by atoms with Crippen molar-refractivity contribution < 1.29 is 23.8 Å². The number of carbonyl (C=O) groups excluding carboxylic acids is 2. The smallest absolute Gasteiger partial charge is 0.306 e. The van der Waals surface area contributed by atoms with E-state index in [1.807, 2.05) is 12.1 Å². The Morgan fingerprint density at radius 3 is 2.64 bits per heavy atom. The van der Waals surface area contributed by atoms with Gasteiger partial charge in [-0.05, 0) is 37.1 Å². The van der Waals surface area contributed by atoms with Crippen molar-refractivity contribution in [3.63, 3.8) is 0 Å². The topological polar surface area (TPSA) is 109 Å². The Morgan fingerprint density at radius 2 is 1.91 bits per heavy atom. The molecule has 0 atom stereocenters. The molecule has 1 fully saturated rings. The lowest BCUT2D eigenvalue weighted by Gasteiger charge is -2.13. The van der Waals surface area contributed by atoms with Crippen molar-refractivity contribution in [2.24, 2.45) is 0 Å². The molecule has 1 saturated carbocycles. The molecule has 3 aromatic rings. The first kappa shape index (κ1) is 22.3. The van der Waals surface area contributed by atoms with Gasteiger partial charge in [-0.15, -0.1) is 0 Å². The van der Waals surface area contributed by atoms with Crippen LogP contribution in [0.1, 0.15) is 31.1 Å². The van der Waals surface area contributed by atoms with Gasteiger partial charge >= 0.3 is 5.97 Å². The van der Waals surface area contributed by atoms with Gasteiger partial charge in [-0.2, -0.15) is 0 Å². The highest BCUT2D eigenvalue weighted by molar-refractivity contribution is 5.94. The number of fused-ring (bicyclic) bond motifs is 1. The molecule has 0 spiro atoms. The minimum Gasteiger partial charge on any atom is -0.497 e. The number of rotatable bonds is 9. The Labute approximate surface area is 190 Å². The summed E-state index contributed by atoms with van der Waals surface area (Å²) in [7, 11) is 3.01. The van der Waals surface area contributed by atoms with Crippen LogP contribution in [-0.4, -0.2) is 42.3 Å². The molecule has 1 aromatic heterocycles. The van der Waals surface area contributed by atoms with Crippen LogP contribution in [0, 0.1) is 0 Å². The van der Waals surface area contributed by atoms with Gasteiger partial charge in [0.25, 0.3) is 11.5 Å². The van der Waals surface area contributed by atoms with E-state index in [2.05, 4.69) is 10.3 Å². The van der Waals surface area contributed by atoms with E-state index in [1.54, 1.807) is 34.9 Å². The SMILES string of the molecule is COc1ccc(NC(=O)COC(=O)CCc2nc3ccccc3c(=O)n2C2CC2)c(OC)c1. The molecule has 9 heteroatoms. The zero-order valence-electron chi connectivity index (χ0n) is 18.5. The molecule has 1 aliphatic rings. The average molecular weight is 451 g/mol. The van der Waals surface area contributed by atoms with Gasteiger partial charge in [-0.25, -0.2) is 4.98 Å². The van der Waals surface area contributed by atoms with Crippen LogP contribution in [0.15, 0.2) is 47.3 Å². The molecule has 9 nitrogen and oxygen atoms in total. The van der Waals surface area contributed by atoms with E-state index in [-0.39, 0.29) is 24.4 Å². The molecule has 0 saturated heterocycles. The summed E-state index contributed by atoms with van der Waals surface area (Å²) >= 11 is 0. The predicted molar refractivity (Wildman–Crippen MR) is 122 cm³/mol. The van der Waals surface area contributed by atoms with E-state index in [9.17, 15) is 14.4 Å². The second kappa shape index (κ2) is 9.72. The highest BCUT2D eigenvalue weighted by Gasteiger charge is 2.28. The maximum absolute atomic E-state index is 12.9. The number of carbonyl (C=O) groups is 2. The van der Waals surface area contributed by atoms with E-state index in [0.29, 0.717) is 33.9 Å². The molecule has 0 radical (unpaired) electrons. The average Bonchev–Trinajstić information content (AvgIpc) is 3.67. The molecule has 172 valence electrons.